The van der Waals surface area contributed by atoms with E-state index in [9.17, 15) is 9.13 Å². The van der Waals surface area contributed by atoms with Gasteiger partial charge in [-0.05, 0) is 39.3 Å². The molecule has 25 heavy (non-hydrogen) atoms. The third-order valence-corrected chi connectivity index (χ3v) is 9.04. The van der Waals surface area contributed by atoms with Crippen molar-refractivity contribution in [3.8, 4) is 0 Å². The number of nitrogens with zero attached hydrogens (tertiary/aromatic N) is 1. The lowest BCUT2D eigenvalue weighted by atomic mass is 10.2. The fourth-order valence-electron chi connectivity index (χ4n) is 2.26. The maximum absolute atomic E-state index is 16.3. The summed E-state index contributed by atoms with van der Waals surface area (Å²) in [7, 11) is -8.99. The Morgan fingerprint density at radius 2 is 1.40 bits per heavy atom. The van der Waals surface area contributed by atoms with E-state index in [1.807, 2.05) is 0 Å². The van der Waals surface area contributed by atoms with Gasteiger partial charge in [0.1, 0.15) is 0 Å². The van der Waals surface area contributed by atoms with Crippen molar-refractivity contribution in [3.05, 3.63) is 30.1 Å². The van der Waals surface area contributed by atoms with Crippen molar-refractivity contribution in [3.63, 3.8) is 0 Å². The predicted octanol–water partition coefficient (Wildman–Crippen LogP) is 4.78. The van der Waals surface area contributed by atoms with Crippen molar-refractivity contribution in [1.29, 1.82) is 0 Å². The van der Waals surface area contributed by atoms with Gasteiger partial charge in [0, 0.05) is 18.8 Å². The Labute approximate surface area is 148 Å². The monoisotopic (exact) mass is 397 g/mol. The Morgan fingerprint density at radius 3 is 1.72 bits per heavy atom. The van der Waals surface area contributed by atoms with Crippen LogP contribution < -0.4 is 0 Å². The SMILES string of the molecule is CCOP(=O)(OCC)C(F)(Cc1cccnc1)P(=O)(OCC)OCC. The normalized spacial score (nSPS) is 13.2. The largest absolute Gasteiger partial charge is 0.380 e. The molecule has 0 aliphatic carbocycles. The van der Waals surface area contributed by atoms with Crippen LogP contribution >= 0.6 is 15.2 Å². The summed E-state index contributed by atoms with van der Waals surface area (Å²) in [5, 5.41) is -3.00. The first-order valence-electron chi connectivity index (χ1n) is 8.18. The third kappa shape index (κ3) is 4.97. The summed E-state index contributed by atoms with van der Waals surface area (Å²) in [4.78, 5) is 3.91. The lowest BCUT2D eigenvalue weighted by molar-refractivity contribution is 0.135. The van der Waals surface area contributed by atoms with Crippen molar-refractivity contribution >= 4 is 15.2 Å². The van der Waals surface area contributed by atoms with E-state index in [0.29, 0.717) is 5.56 Å². The number of hydrogen-bond donors (Lipinski definition) is 0. The summed E-state index contributed by atoms with van der Waals surface area (Å²) in [6.07, 6.45) is 2.35. The highest BCUT2D eigenvalue weighted by Gasteiger charge is 2.66. The summed E-state index contributed by atoms with van der Waals surface area (Å²) in [5.41, 5.74) is 0.365. The van der Waals surface area contributed by atoms with Gasteiger partial charge in [0.2, 0.25) is 0 Å². The molecule has 1 heterocycles. The molecule has 7 nitrogen and oxygen atoms in total. The Balaban J connectivity index is 3.52. The summed E-state index contributed by atoms with van der Waals surface area (Å²) in [5.74, 6) is 0. The molecule has 1 aromatic rings. The standard InChI is InChI=1S/C15H26FNO6P2/c1-5-20-24(18,21-6-2)15(16,12-14-10-9-11-17-13-14)25(19,22-7-3)23-8-4/h9-11,13H,5-8,12H2,1-4H3. The lowest BCUT2D eigenvalue weighted by Crippen LogP contribution is -2.31. The molecule has 1 rings (SSSR count). The number of halogens is 1. The minimum Gasteiger partial charge on any atom is -0.306 e. The van der Waals surface area contributed by atoms with Crippen LogP contribution in [0.1, 0.15) is 33.3 Å². The third-order valence-electron chi connectivity index (χ3n) is 3.19. The molecule has 0 aliphatic heterocycles. The van der Waals surface area contributed by atoms with Crippen LogP contribution in [0.25, 0.3) is 0 Å². The average molecular weight is 397 g/mol. The molecule has 0 aliphatic rings. The topological polar surface area (TPSA) is 84.0 Å². The predicted molar refractivity (Wildman–Crippen MR) is 93.5 cm³/mol. The molecule has 0 bridgehead atoms. The van der Waals surface area contributed by atoms with E-state index in [4.69, 9.17) is 18.1 Å². The van der Waals surface area contributed by atoms with Crippen LogP contribution in [0.5, 0.6) is 0 Å². The van der Waals surface area contributed by atoms with Crippen LogP contribution in [0.2, 0.25) is 0 Å². The van der Waals surface area contributed by atoms with Crippen molar-refractivity contribution in [2.45, 2.75) is 39.3 Å². The second-order valence-corrected chi connectivity index (χ2v) is 9.72. The maximum Gasteiger partial charge on any atom is 0.380 e. The molecule has 0 N–H and O–H groups in total. The van der Waals surface area contributed by atoms with E-state index >= 15 is 4.39 Å². The first kappa shape index (κ1) is 22.4. The highest BCUT2D eigenvalue weighted by molar-refractivity contribution is 7.73. The molecular weight excluding hydrogens is 371 g/mol. The molecule has 0 amide bonds. The number of pyridine rings is 1. The molecular formula is C15H26FNO6P2. The second-order valence-electron chi connectivity index (χ2n) is 4.92. The van der Waals surface area contributed by atoms with Crippen molar-refractivity contribution in [2.24, 2.45) is 0 Å². The molecule has 0 spiro atoms. The van der Waals surface area contributed by atoms with E-state index < -0.39 is 26.8 Å². The molecule has 0 saturated heterocycles. The van der Waals surface area contributed by atoms with Gasteiger partial charge in [-0.3, -0.25) is 14.1 Å². The van der Waals surface area contributed by atoms with Crippen LogP contribution in [0.3, 0.4) is 0 Å². The lowest BCUT2D eigenvalue weighted by Gasteiger charge is -2.36. The zero-order chi connectivity index (χ0) is 19.0. The number of rotatable bonds is 12. The second kappa shape index (κ2) is 9.91. The van der Waals surface area contributed by atoms with Crippen LogP contribution in [-0.2, 0) is 33.6 Å². The van der Waals surface area contributed by atoms with Crippen LogP contribution in [0.15, 0.2) is 24.5 Å². The van der Waals surface area contributed by atoms with Gasteiger partial charge in [-0.15, -0.1) is 0 Å². The zero-order valence-electron chi connectivity index (χ0n) is 15.0. The van der Waals surface area contributed by atoms with Crippen molar-refractivity contribution in [1.82, 2.24) is 4.98 Å². The first-order valence-corrected chi connectivity index (χ1v) is 11.3. The molecule has 0 radical (unpaired) electrons. The molecule has 0 unspecified atom stereocenters. The molecule has 1 aromatic heterocycles. The summed E-state index contributed by atoms with van der Waals surface area (Å²) >= 11 is 0. The molecule has 10 heteroatoms. The van der Waals surface area contributed by atoms with Gasteiger partial charge in [0.05, 0.1) is 26.4 Å². The number of aromatic nitrogens is 1. The first-order chi connectivity index (χ1) is 11.8. The van der Waals surface area contributed by atoms with Gasteiger partial charge in [-0.25, -0.2) is 4.39 Å². The van der Waals surface area contributed by atoms with Gasteiger partial charge >= 0.3 is 20.3 Å². The van der Waals surface area contributed by atoms with E-state index in [0.717, 1.165) is 0 Å². The minimum atomic E-state index is -4.50. The summed E-state index contributed by atoms with van der Waals surface area (Å²) in [6.45, 7) is 5.82. The molecule has 0 saturated carbocycles. The maximum atomic E-state index is 16.3. The zero-order valence-corrected chi connectivity index (χ0v) is 16.8. The van der Waals surface area contributed by atoms with E-state index in [2.05, 4.69) is 4.98 Å². The average Bonchev–Trinajstić information content (AvgIpc) is 2.56. The van der Waals surface area contributed by atoms with Crippen LogP contribution in [0, 0.1) is 0 Å². The Kier molecular flexibility index (Phi) is 8.89. The van der Waals surface area contributed by atoms with Gasteiger partial charge in [-0.1, -0.05) is 6.07 Å². The van der Waals surface area contributed by atoms with E-state index in [1.54, 1.807) is 39.8 Å². The summed E-state index contributed by atoms with van der Waals surface area (Å²) in [6, 6.07) is 3.17. The molecule has 0 fully saturated rings. The quantitative estimate of drug-likeness (QED) is 0.469. The summed E-state index contributed by atoms with van der Waals surface area (Å²) < 4.78 is 63.4. The van der Waals surface area contributed by atoms with Crippen LogP contribution in [-0.4, -0.2) is 36.6 Å². The smallest absolute Gasteiger partial charge is 0.306 e. The molecule has 0 atom stereocenters. The molecule has 144 valence electrons. The Bertz CT molecular complexity index is 565. The Morgan fingerprint density at radius 1 is 0.960 bits per heavy atom. The van der Waals surface area contributed by atoms with Gasteiger partial charge in [0.15, 0.2) is 0 Å². The fourth-order valence-corrected chi connectivity index (χ4v) is 7.20. The van der Waals surface area contributed by atoms with Gasteiger partial charge < -0.3 is 18.1 Å². The van der Waals surface area contributed by atoms with Gasteiger partial charge in [-0.2, -0.15) is 0 Å². The number of hydrogen-bond acceptors (Lipinski definition) is 7. The highest BCUT2D eigenvalue weighted by atomic mass is 31.2. The molecule has 0 aromatic carbocycles. The fraction of sp³-hybridized carbons (Fsp3) is 0.667. The van der Waals surface area contributed by atoms with E-state index in [1.165, 1.54) is 12.4 Å². The highest BCUT2D eigenvalue weighted by Crippen LogP contribution is 2.79. The van der Waals surface area contributed by atoms with Crippen molar-refractivity contribution in [2.75, 3.05) is 26.4 Å². The number of alkyl halides is 1. The Hall–Kier alpha value is -0.620. The minimum absolute atomic E-state index is 0.0891. The van der Waals surface area contributed by atoms with Crippen molar-refractivity contribution < 1.29 is 31.6 Å². The van der Waals surface area contributed by atoms with E-state index in [-0.39, 0.29) is 26.4 Å². The van der Waals surface area contributed by atoms with Gasteiger partial charge in [0.25, 0.3) is 0 Å². The van der Waals surface area contributed by atoms with Crippen LogP contribution in [0.4, 0.5) is 4.39 Å².